The van der Waals surface area contributed by atoms with Gasteiger partial charge in [-0.1, -0.05) is 35.3 Å². The lowest BCUT2D eigenvalue weighted by Gasteiger charge is -2.15. The molecule has 1 heterocycles. The van der Waals surface area contributed by atoms with Crippen molar-refractivity contribution in [2.24, 2.45) is 0 Å². The van der Waals surface area contributed by atoms with Gasteiger partial charge in [-0.05, 0) is 42.2 Å². The van der Waals surface area contributed by atoms with Gasteiger partial charge in [-0.3, -0.25) is 0 Å². The Morgan fingerprint density at radius 1 is 1.25 bits per heavy atom. The molecule has 1 N–H and O–H groups in total. The molecule has 1 aromatic heterocycles. The SMILES string of the molecule is N#Cc1cccc(NC2CCc3c2ccc(Cl)c3Cl)n1. The highest BCUT2D eigenvalue weighted by Gasteiger charge is 2.25. The van der Waals surface area contributed by atoms with E-state index in [1.54, 1.807) is 6.07 Å². The number of fused-ring (bicyclic) bond motifs is 1. The van der Waals surface area contributed by atoms with E-state index in [9.17, 15) is 0 Å². The number of halogens is 2. The molecule has 0 amide bonds. The van der Waals surface area contributed by atoms with Gasteiger partial charge in [0, 0.05) is 0 Å². The summed E-state index contributed by atoms with van der Waals surface area (Å²) in [6.45, 7) is 0. The van der Waals surface area contributed by atoms with E-state index in [2.05, 4.69) is 10.3 Å². The quantitative estimate of drug-likeness (QED) is 0.896. The van der Waals surface area contributed by atoms with Crippen LogP contribution in [-0.2, 0) is 6.42 Å². The molecule has 0 saturated heterocycles. The van der Waals surface area contributed by atoms with Gasteiger partial charge in [0.25, 0.3) is 0 Å². The van der Waals surface area contributed by atoms with Crippen LogP contribution in [0.2, 0.25) is 10.0 Å². The van der Waals surface area contributed by atoms with E-state index in [-0.39, 0.29) is 6.04 Å². The number of benzene rings is 1. The number of nitriles is 1. The van der Waals surface area contributed by atoms with E-state index >= 15 is 0 Å². The molecule has 0 saturated carbocycles. The van der Waals surface area contributed by atoms with Gasteiger partial charge in [-0.25, -0.2) is 4.98 Å². The maximum Gasteiger partial charge on any atom is 0.142 e. The molecule has 1 aliphatic rings. The molecular formula is C15H11Cl2N3. The highest BCUT2D eigenvalue weighted by molar-refractivity contribution is 6.42. The zero-order valence-electron chi connectivity index (χ0n) is 10.5. The van der Waals surface area contributed by atoms with E-state index in [0.29, 0.717) is 21.6 Å². The standard InChI is InChI=1S/C15H11Cl2N3/c16-12-6-4-10-11(15(12)17)5-7-13(10)20-14-3-1-2-9(8-18)19-14/h1-4,6,13H,5,7H2,(H,19,20). The molecule has 1 unspecified atom stereocenters. The number of pyridine rings is 1. The Kier molecular flexibility index (Phi) is 3.52. The Morgan fingerprint density at radius 2 is 2.10 bits per heavy atom. The summed E-state index contributed by atoms with van der Waals surface area (Å²) in [5.74, 6) is 0.702. The number of aromatic nitrogens is 1. The molecule has 1 atom stereocenters. The fraction of sp³-hybridized carbons (Fsp3) is 0.200. The molecule has 100 valence electrons. The smallest absolute Gasteiger partial charge is 0.142 e. The van der Waals surface area contributed by atoms with E-state index in [1.165, 1.54) is 0 Å². The first kappa shape index (κ1) is 13.2. The van der Waals surface area contributed by atoms with Crippen LogP contribution in [0.15, 0.2) is 30.3 Å². The molecule has 0 spiro atoms. The van der Waals surface area contributed by atoms with Gasteiger partial charge in [-0.15, -0.1) is 0 Å². The fourth-order valence-corrected chi connectivity index (χ4v) is 2.98. The van der Waals surface area contributed by atoms with Crippen LogP contribution in [0.4, 0.5) is 5.82 Å². The van der Waals surface area contributed by atoms with Crippen molar-refractivity contribution in [1.82, 2.24) is 4.98 Å². The summed E-state index contributed by atoms with van der Waals surface area (Å²) < 4.78 is 0. The normalized spacial score (nSPS) is 16.6. The number of anilines is 1. The average Bonchev–Trinajstić information content (AvgIpc) is 2.87. The van der Waals surface area contributed by atoms with Gasteiger partial charge in [0.05, 0.1) is 16.1 Å². The lowest BCUT2D eigenvalue weighted by Crippen LogP contribution is -2.08. The summed E-state index contributed by atoms with van der Waals surface area (Å²) >= 11 is 12.3. The van der Waals surface area contributed by atoms with Crippen LogP contribution in [0.3, 0.4) is 0 Å². The molecular weight excluding hydrogens is 293 g/mol. The second-order valence-corrected chi connectivity index (χ2v) is 5.47. The summed E-state index contributed by atoms with van der Waals surface area (Å²) in [4.78, 5) is 4.24. The van der Waals surface area contributed by atoms with Gasteiger partial charge in [0.1, 0.15) is 17.6 Å². The molecule has 0 bridgehead atoms. The molecule has 3 rings (SSSR count). The Bertz CT molecular complexity index is 707. The first-order chi connectivity index (χ1) is 9.69. The van der Waals surface area contributed by atoms with Crippen molar-refractivity contribution in [2.75, 3.05) is 5.32 Å². The average molecular weight is 304 g/mol. The summed E-state index contributed by atoms with van der Waals surface area (Å²) in [5, 5.41) is 13.5. The Morgan fingerprint density at radius 3 is 2.90 bits per heavy atom. The van der Waals surface area contributed by atoms with Crippen LogP contribution in [0.1, 0.15) is 29.3 Å². The van der Waals surface area contributed by atoms with Crippen LogP contribution >= 0.6 is 23.2 Å². The molecule has 3 nitrogen and oxygen atoms in total. The summed E-state index contributed by atoms with van der Waals surface area (Å²) in [7, 11) is 0. The number of hydrogen-bond donors (Lipinski definition) is 1. The van der Waals surface area contributed by atoms with Crippen molar-refractivity contribution < 1.29 is 0 Å². The van der Waals surface area contributed by atoms with E-state index < -0.39 is 0 Å². The first-order valence-electron chi connectivity index (χ1n) is 6.29. The van der Waals surface area contributed by atoms with Crippen LogP contribution in [0.5, 0.6) is 0 Å². The maximum absolute atomic E-state index is 8.88. The molecule has 0 aliphatic heterocycles. The predicted octanol–water partition coefficient (Wildman–Crippen LogP) is 4.36. The minimum atomic E-state index is 0.154. The van der Waals surface area contributed by atoms with Gasteiger partial charge in [0.15, 0.2) is 0 Å². The van der Waals surface area contributed by atoms with Crippen LogP contribution in [0, 0.1) is 11.3 Å². The fourth-order valence-electron chi connectivity index (χ4n) is 2.54. The number of rotatable bonds is 2. The van der Waals surface area contributed by atoms with Crippen molar-refractivity contribution in [1.29, 1.82) is 5.26 Å². The summed E-state index contributed by atoms with van der Waals surface area (Å²) in [6, 6.07) is 11.4. The molecule has 2 aromatic rings. The Hall–Kier alpha value is -1.76. The van der Waals surface area contributed by atoms with E-state index in [0.717, 1.165) is 24.0 Å². The van der Waals surface area contributed by atoms with E-state index in [1.807, 2.05) is 30.3 Å². The zero-order valence-corrected chi connectivity index (χ0v) is 12.0. The molecule has 1 aromatic carbocycles. The monoisotopic (exact) mass is 303 g/mol. The lowest BCUT2D eigenvalue weighted by atomic mass is 10.1. The predicted molar refractivity (Wildman–Crippen MR) is 80.1 cm³/mol. The molecule has 0 fully saturated rings. The number of hydrogen-bond acceptors (Lipinski definition) is 3. The molecule has 20 heavy (non-hydrogen) atoms. The lowest BCUT2D eigenvalue weighted by molar-refractivity contribution is 0.757. The van der Waals surface area contributed by atoms with Crippen molar-refractivity contribution in [3.63, 3.8) is 0 Å². The van der Waals surface area contributed by atoms with Crippen LogP contribution in [0.25, 0.3) is 0 Å². The second kappa shape index (κ2) is 5.32. The topological polar surface area (TPSA) is 48.7 Å². The molecule has 5 heteroatoms. The minimum Gasteiger partial charge on any atom is -0.363 e. The summed E-state index contributed by atoms with van der Waals surface area (Å²) in [6.07, 6.45) is 1.83. The highest BCUT2D eigenvalue weighted by atomic mass is 35.5. The maximum atomic E-state index is 8.88. The Balaban J connectivity index is 1.89. The third-order valence-corrected chi connectivity index (χ3v) is 4.32. The molecule has 0 radical (unpaired) electrons. The van der Waals surface area contributed by atoms with Crippen LogP contribution < -0.4 is 5.32 Å². The van der Waals surface area contributed by atoms with Gasteiger partial charge in [0.2, 0.25) is 0 Å². The third-order valence-electron chi connectivity index (χ3n) is 3.48. The molecule has 1 aliphatic carbocycles. The first-order valence-corrected chi connectivity index (χ1v) is 7.05. The van der Waals surface area contributed by atoms with Crippen molar-refractivity contribution in [3.8, 4) is 6.07 Å². The van der Waals surface area contributed by atoms with Gasteiger partial charge in [-0.2, -0.15) is 5.26 Å². The zero-order chi connectivity index (χ0) is 14.1. The minimum absolute atomic E-state index is 0.154. The number of nitrogens with one attached hydrogen (secondary N) is 1. The third kappa shape index (κ3) is 2.33. The van der Waals surface area contributed by atoms with Crippen LogP contribution in [-0.4, -0.2) is 4.98 Å². The number of nitrogens with zero attached hydrogens (tertiary/aromatic N) is 2. The van der Waals surface area contributed by atoms with Crippen molar-refractivity contribution >= 4 is 29.0 Å². The highest BCUT2D eigenvalue weighted by Crippen LogP contribution is 2.40. The largest absolute Gasteiger partial charge is 0.363 e. The second-order valence-electron chi connectivity index (χ2n) is 4.68. The van der Waals surface area contributed by atoms with Crippen molar-refractivity contribution in [3.05, 3.63) is 57.2 Å². The van der Waals surface area contributed by atoms with Gasteiger partial charge < -0.3 is 5.32 Å². The van der Waals surface area contributed by atoms with E-state index in [4.69, 9.17) is 28.5 Å². The summed E-state index contributed by atoms with van der Waals surface area (Å²) in [5.41, 5.74) is 2.67. The van der Waals surface area contributed by atoms with Crippen molar-refractivity contribution in [2.45, 2.75) is 18.9 Å². The Labute approximate surface area is 127 Å². The van der Waals surface area contributed by atoms with Gasteiger partial charge >= 0.3 is 0 Å².